The largest absolute Gasteiger partial charge is 0.354 e. The van der Waals surface area contributed by atoms with Gasteiger partial charge < -0.3 is 11.1 Å². The number of benzene rings is 1. The van der Waals surface area contributed by atoms with Gasteiger partial charge in [-0.3, -0.25) is 4.79 Å². The molecule has 3 nitrogen and oxygen atoms in total. The van der Waals surface area contributed by atoms with E-state index in [0.29, 0.717) is 12.5 Å². The van der Waals surface area contributed by atoms with Gasteiger partial charge in [-0.2, -0.15) is 0 Å². The standard InChI is InChI=1S/C15H22N2O/c1-2-6-12(16)10-17-15(18)14-9-13(14)11-7-4-3-5-8-11/h3-5,7-8,12-14H,2,6,9-10,16H2,1H3,(H,17,18). The lowest BCUT2D eigenvalue weighted by atomic mass is 10.1. The van der Waals surface area contributed by atoms with Gasteiger partial charge in [0.2, 0.25) is 5.91 Å². The van der Waals surface area contributed by atoms with Crippen LogP contribution in [-0.4, -0.2) is 18.5 Å². The van der Waals surface area contributed by atoms with Gasteiger partial charge in [-0.15, -0.1) is 0 Å². The van der Waals surface area contributed by atoms with E-state index in [1.54, 1.807) is 0 Å². The number of carbonyl (C=O) groups is 1. The maximum absolute atomic E-state index is 11.9. The van der Waals surface area contributed by atoms with E-state index in [9.17, 15) is 4.79 Å². The molecule has 1 fully saturated rings. The number of amides is 1. The third-order valence-corrected chi connectivity index (χ3v) is 3.55. The molecule has 3 heteroatoms. The first-order valence-corrected chi connectivity index (χ1v) is 6.80. The van der Waals surface area contributed by atoms with Crippen molar-refractivity contribution < 1.29 is 4.79 Å². The molecular weight excluding hydrogens is 224 g/mol. The van der Waals surface area contributed by atoms with E-state index in [1.165, 1.54) is 5.56 Å². The summed E-state index contributed by atoms with van der Waals surface area (Å²) in [6.45, 7) is 2.71. The van der Waals surface area contributed by atoms with Gasteiger partial charge in [0.15, 0.2) is 0 Å². The highest BCUT2D eigenvalue weighted by molar-refractivity contribution is 5.82. The smallest absolute Gasteiger partial charge is 0.223 e. The first-order valence-electron chi connectivity index (χ1n) is 6.80. The van der Waals surface area contributed by atoms with Crippen molar-refractivity contribution in [2.75, 3.05) is 6.54 Å². The fourth-order valence-corrected chi connectivity index (χ4v) is 2.39. The van der Waals surface area contributed by atoms with Gasteiger partial charge in [0, 0.05) is 18.5 Å². The van der Waals surface area contributed by atoms with Crippen LogP contribution < -0.4 is 11.1 Å². The van der Waals surface area contributed by atoms with Crippen LogP contribution in [0, 0.1) is 5.92 Å². The van der Waals surface area contributed by atoms with Crippen LogP contribution in [0.1, 0.15) is 37.7 Å². The molecule has 1 aromatic carbocycles. The fraction of sp³-hybridized carbons (Fsp3) is 0.533. The number of hydrogen-bond donors (Lipinski definition) is 2. The average Bonchev–Trinajstić information content (AvgIpc) is 3.18. The van der Waals surface area contributed by atoms with Gasteiger partial charge in [0.1, 0.15) is 0 Å². The van der Waals surface area contributed by atoms with Crippen molar-refractivity contribution in [1.82, 2.24) is 5.32 Å². The Hall–Kier alpha value is -1.35. The van der Waals surface area contributed by atoms with E-state index in [4.69, 9.17) is 5.73 Å². The van der Waals surface area contributed by atoms with Crippen LogP contribution in [-0.2, 0) is 4.79 Å². The van der Waals surface area contributed by atoms with Gasteiger partial charge in [-0.05, 0) is 24.3 Å². The number of rotatable bonds is 6. The summed E-state index contributed by atoms with van der Waals surface area (Å²) in [5.74, 6) is 0.727. The van der Waals surface area contributed by atoms with E-state index in [2.05, 4.69) is 24.4 Å². The molecule has 3 N–H and O–H groups in total. The topological polar surface area (TPSA) is 55.1 Å². The van der Waals surface area contributed by atoms with Crippen molar-refractivity contribution in [3.8, 4) is 0 Å². The third kappa shape index (κ3) is 3.33. The molecule has 0 bridgehead atoms. The molecule has 98 valence electrons. The van der Waals surface area contributed by atoms with Gasteiger partial charge in [0.25, 0.3) is 0 Å². The Morgan fingerprint density at radius 3 is 2.83 bits per heavy atom. The summed E-state index contributed by atoms with van der Waals surface area (Å²) >= 11 is 0. The molecule has 0 aromatic heterocycles. The predicted octanol–water partition coefficient (Wildman–Crippen LogP) is 2.03. The molecule has 1 aliphatic carbocycles. The highest BCUT2D eigenvalue weighted by Crippen LogP contribution is 2.47. The minimum Gasteiger partial charge on any atom is -0.354 e. The summed E-state index contributed by atoms with van der Waals surface area (Å²) < 4.78 is 0. The van der Waals surface area contributed by atoms with Crippen LogP contribution in [0.4, 0.5) is 0 Å². The Labute approximate surface area is 109 Å². The Morgan fingerprint density at radius 2 is 2.17 bits per heavy atom. The Kier molecular flexibility index (Phi) is 4.37. The molecule has 2 rings (SSSR count). The molecule has 18 heavy (non-hydrogen) atoms. The Bertz CT molecular complexity index is 391. The maximum atomic E-state index is 11.9. The van der Waals surface area contributed by atoms with Crippen LogP contribution in [0.15, 0.2) is 30.3 Å². The SMILES string of the molecule is CCCC(N)CNC(=O)C1CC1c1ccccc1. The quantitative estimate of drug-likeness (QED) is 0.807. The second-order valence-corrected chi connectivity index (χ2v) is 5.15. The minimum atomic E-state index is 0.0906. The van der Waals surface area contributed by atoms with Crippen LogP contribution in [0.2, 0.25) is 0 Å². The van der Waals surface area contributed by atoms with Gasteiger partial charge >= 0.3 is 0 Å². The second kappa shape index (κ2) is 6.01. The van der Waals surface area contributed by atoms with Crippen molar-refractivity contribution in [2.24, 2.45) is 11.7 Å². The molecule has 0 aliphatic heterocycles. The number of hydrogen-bond acceptors (Lipinski definition) is 2. The van der Waals surface area contributed by atoms with E-state index >= 15 is 0 Å². The van der Waals surface area contributed by atoms with E-state index in [0.717, 1.165) is 19.3 Å². The van der Waals surface area contributed by atoms with E-state index < -0.39 is 0 Å². The predicted molar refractivity (Wildman–Crippen MR) is 73.2 cm³/mol. The summed E-state index contributed by atoms with van der Waals surface area (Å²) in [6.07, 6.45) is 3.00. The molecule has 1 aromatic rings. The zero-order valence-electron chi connectivity index (χ0n) is 10.9. The molecule has 1 amide bonds. The maximum Gasteiger partial charge on any atom is 0.223 e. The number of nitrogens with two attached hydrogens (primary N) is 1. The van der Waals surface area contributed by atoms with Crippen molar-refractivity contribution in [1.29, 1.82) is 0 Å². The molecular formula is C15H22N2O. The van der Waals surface area contributed by atoms with Crippen molar-refractivity contribution in [2.45, 2.75) is 38.1 Å². The minimum absolute atomic E-state index is 0.0906. The van der Waals surface area contributed by atoms with Gasteiger partial charge in [-0.25, -0.2) is 0 Å². The molecule has 0 spiro atoms. The lowest BCUT2D eigenvalue weighted by molar-refractivity contribution is -0.122. The fourth-order valence-electron chi connectivity index (χ4n) is 2.39. The molecule has 1 aliphatic rings. The first-order chi connectivity index (χ1) is 8.72. The summed E-state index contributed by atoms with van der Waals surface area (Å²) in [6, 6.07) is 10.3. The zero-order chi connectivity index (χ0) is 13.0. The van der Waals surface area contributed by atoms with Crippen molar-refractivity contribution in [3.05, 3.63) is 35.9 Å². The second-order valence-electron chi connectivity index (χ2n) is 5.15. The van der Waals surface area contributed by atoms with E-state index in [1.807, 2.05) is 18.2 Å². The monoisotopic (exact) mass is 246 g/mol. The Morgan fingerprint density at radius 1 is 1.44 bits per heavy atom. The van der Waals surface area contributed by atoms with Crippen LogP contribution in [0.25, 0.3) is 0 Å². The van der Waals surface area contributed by atoms with Gasteiger partial charge in [-0.1, -0.05) is 43.7 Å². The lowest BCUT2D eigenvalue weighted by Crippen LogP contribution is -2.37. The summed E-state index contributed by atoms with van der Waals surface area (Å²) in [4.78, 5) is 11.9. The third-order valence-electron chi connectivity index (χ3n) is 3.55. The zero-order valence-corrected chi connectivity index (χ0v) is 10.9. The molecule has 0 heterocycles. The van der Waals surface area contributed by atoms with E-state index in [-0.39, 0.29) is 17.9 Å². The number of nitrogens with one attached hydrogen (secondary N) is 1. The lowest BCUT2D eigenvalue weighted by Gasteiger charge is -2.11. The van der Waals surface area contributed by atoms with Crippen LogP contribution in [0.5, 0.6) is 0 Å². The molecule has 3 unspecified atom stereocenters. The normalized spacial score (nSPS) is 23.4. The molecule has 3 atom stereocenters. The van der Waals surface area contributed by atoms with Crippen molar-refractivity contribution in [3.63, 3.8) is 0 Å². The van der Waals surface area contributed by atoms with Gasteiger partial charge in [0.05, 0.1) is 0 Å². The summed E-state index contributed by atoms with van der Waals surface area (Å²) in [5, 5.41) is 2.96. The van der Waals surface area contributed by atoms with Crippen LogP contribution in [0.3, 0.4) is 0 Å². The highest BCUT2D eigenvalue weighted by atomic mass is 16.2. The van der Waals surface area contributed by atoms with Crippen molar-refractivity contribution >= 4 is 5.91 Å². The molecule has 0 saturated heterocycles. The first kappa shape index (κ1) is 13.1. The van der Waals surface area contributed by atoms with Crippen LogP contribution >= 0.6 is 0 Å². The number of carbonyl (C=O) groups excluding carboxylic acids is 1. The average molecular weight is 246 g/mol. The summed E-state index contributed by atoms with van der Waals surface area (Å²) in [5.41, 5.74) is 7.16. The summed E-state index contributed by atoms with van der Waals surface area (Å²) in [7, 11) is 0. The molecule has 0 radical (unpaired) electrons. The Balaban J connectivity index is 1.76. The molecule has 1 saturated carbocycles. The highest BCUT2D eigenvalue weighted by Gasteiger charge is 2.43.